The van der Waals surface area contributed by atoms with Crippen LogP contribution in [0, 0.1) is 10.1 Å². The maximum Gasteiger partial charge on any atom is 0.271 e. The van der Waals surface area contributed by atoms with E-state index in [9.17, 15) is 10.1 Å². The first kappa shape index (κ1) is 9.67. The van der Waals surface area contributed by atoms with Crippen LogP contribution in [0.4, 0.5) is 16.4 Å². The number of rotatable bonds is 3. The van der Waals surface area contributed by atoms with Crippen molar-refractivity contribution in [1.82, 2.24) is 0 Å². The number of nitro benzene ring substituents is 1. The van der Waals surface area contributed by atoms with E-state index in [-0.39, 0.29) is 5.69 Å². The van der Waals surface area contributed by atoms with Crippen molar-refractivity contribution in [3.8, 4) is 0 Å². The highest BCUT2D eigenvalue weighted by Gasteiger charge is 2.05. The molecule has 0 atom stereocenters. The van der Waals surface area contributed by atoms with Gasteiger partial charge in [0.15, 0.2) is 0 Å². The van der Waals surface area contributed by atoms with Gasteiger partial charge < -0.3 is 5.32 Å². The van der Waals surface area contributed by atoms with Crippen LogP contribution in [0.2, 0.25) is 0 Å². The quantitative estimate of drug-likeness (QED) is 0.637. The molecule has 0 spiro atoms. The third kappa shape index (κ3) is 2.32. The molecule has 0 amide bonds. The predicted molar refractivity (Wildman–Crippen MR) is 60.7 cm³/mol. The van der Waals surface area contributed by atoms with Crippen molar-refractivity contribution in [2.75, 3.05) is 5.32 Å². The molecule has 0 saturated carbocycles. The van der Waals surface area contributed by atoms with Crippen LogP contribution in [0.25, 0.3) is 0 Å². The van der Waals surface area contributed by atoms with Gasteiger partial charge in [0.2, 0.25) is 0 Å². The predicted octanol–water partition coefficient (Wildman–Crippen LogP) is 3.40. The normalized spacial score (nSPS) is 9.87. The zero-order valence-electron chi connectivity index (χ0n) is 7.71. The highest BCUT2D eigenvalue weighted by Crippen LogP contribution is 2.24. The highest BCUT2D eigenvalue weighted by atomic mass is 32.1. The van der Waals surface area contributed by atoms with E-state index in [1.807, 2.05) is 17.5 Å². The van der Waals surface area contributed by atoms with Gasteiger partial charge in [0.1, 0.15) is 0 Å². The van der Waals surface area contributed by atoms with Crippen LogP contribution in [0.5, 0.6) is 0 Å². The molecule has 0 radical (unpaired) electrons. The van der Waals surface area contributed by atoms with Gasteiger partial charge in [-0.2, -0.15) is 0 Å². The summed E-state index contributed by atoms with van der Waals surface area (Å²) in [6, 6.07) is 10.3. The van der Waals surface area contributed by atoms with Crippen LogP contribution in [-0.2, 0) is 0 Å². The maximum absolute atomic E-state index is 10.5. The summed E-state index contributed by atoms with van der Waals surface area (Å²) >= 11 is 1.55. The molecule has 76 valence electrons. The minimum absolute atomic E-state index is 0.0940. The zero-order valence-corrected chi connectivity index (χ0v) is 8.53. The molecule has 1 N–H and O–H groups in total. The van der Waals surface area contributed by atoms with E-state index in [4.69, 9.17) is 0 Å². The molecular weight excluding hydrogens is 212 g/mol. The number of anilines is 2. The lowest BCUT2D eigenvalue weighted by Gasteiger charge is -2.02. The summed E-state index contributed by atoms with van der Waals surface area (Å²) in [6.07, 6.45) is 0. The van der Waals surface area contributed by atoms with Crippen molar-refractivity contribution in [3.63, 3.8) is 0 Å². The number of nitro groups is 1. The molecule has 1 aromatic heterocycles. The molecule has 0 unspecified atom stereocenters. The average Bonchev–Trinajstić information content (AvgIpc) is 2.71. The van der Waals surface area contributed by atoms with Crippen molar-refractivity contribution in [2.24, 2.45) is 0 Å². The Morgan fingerprint density at radius 1 is 1.27 bits per heavy atom. The molecule has 1 heterocycles. The molecule has 2 aromatic rings. The standard InChI is InChI=1S/C10H8N2O2S/c13-12(14)9-4-1-3-8(7-9)11-10-5-2-6-15-10/h1-7,11H. The minimum Gasteiger partial charge on any atom is -0.347 e. The molecule has 0 bridgehead atoms. The van der Waals surface area contributed by atoms with Crippen LogP contribution in [0.15, 0.2) is 41.8 Å². The largest absolute Gasteiger partial charge is 0.347 e. The van der Waals surface area contributed by atoms with Gasteiger partial charge >= 0.3 is 0 Å². The van der Waals surface area contributed by atoms with E-state index < -0.39 is 4.92 Å². The van der Waals surface area contributed by atoms with Gasteiger partial charge in [0, 0.05) is 17.8 Å². The smallest absolute Gasteiger partial charge is 0.271 e. The van der Waals surface area contributed by atoms with Gasteiger partial charge in [-0.3, -0.25) is 10.1 Å². The Labute approximate surface area is 90.3 Å². The number of thiophene rings is 1. The summed E-state index contributed by atoms with van der Waals surface area (Å²) in [5.41, 5.74) is 0.822. The monoisotopic (exact) mass is 220 g/mol. The molecule has 15 heavy (non-hydrogen) atoms. The van der Waals surface area contributed by atoms with Crippen molar-refractivity contribution < 1.29 is 4.92 Å². The fraction of sp³-hybridized carbons (Fsp3) is 0. The Balaban J connectivity index is 2.22. The minimum atomic E-state index is -0.403. The summed E-state index contributed by atoms with van der Waals surface area (Å²) in [5, 5.41) is 16.5. The van der Waals surface area contributed by atoms with Gasteiger partial charge in [-0.1, -0.05) is 6.07 Å². The molecule has 0 aliphatic carbocycles. The van der Waals surface area contributed by atoms with Crippen molar-refractivity contribution in [1.29, 1.82) is 0 Å². The van der Waals surface area contributed by atoms with Crippen molar-refractivity contribution in [2.45, 2.75) is 0 Å². The van der Waals surface area contributed by atoms with Crippen LogP contribution in [-0.4, -0.2) is 4.92 Å². The molecule has 0 aliphatic rings. The second kappa shape index (κ2) is 4.10. The number of benzene rings is 1. The third-order valence-corrected chi connectivity index (χ3v) is 2.63. The number of hydrogen-bond acceptors (Lipinski definition) is 4. The lowest BCUT2D eigenvalue weighted by atomic mass is 10.3. The summed E-state index contributed by atoms with van der Waals surface area (Å²) in [6.45, 7) is 0. The first-order chi connectivity index (χ1) is 7.25. The molecule has 1 aromatic carbocycles. The van der Waals surface area contributed by atoms with Crippen LogP contribution < -0.4 is 5.32 Å². The Morgan fingerprint density at radius 3 is 2.80 bits per heavy atom. The van der Waals surface area contributed by atoms with E-state index in [0.29, 0.717) is 0 Å². The molecule has 0 saturated heterocycles. The lowest BCUT2D eigenvalue weighted by Crippen LogP contribution is -1.91. The molecule has 5 heteroatoms. The molecule has 0 fully saturated rings. The first-order valence-corrected chi connectivity index (χ1v) is 5.18. The third-order valence-electron chi connectivity index (χ3n) is 1.85. The second-order valence-electron chi connectivity index (χ2n) is 2.91. The first-order valence-electron chi connectivity index (χ1n) is 4.31. The summed E-state index contributed by atoms with van der Waals surface area (Å²) < 4.78 is 0. The summed E-state index contributed by atoms with van der Waals surface area (Å²) in [7, 11) is 0. The highest BCUT2D eigenvalue weighted by molar-refractivity contribution is 7.14. The van der Waals surface area contributed by atoms with E-state index in [1.54, 1.807) is 23.5 Å². The summed E-state index contributed by atoms with van der Waals surface area (Å²) in [5.74, 6) is 0. The van der Waals surface area contributed by atoms with E-state index in [1.165, 1.54) is 12.1 Å². The van der Waals surface area contributed by atoms with E-state index in [2.05, 4.69) is 5.32 Å². The topological polar surface area (TPSA) is 55.2 Å². The number of nitrogens with zero attached hydrogens (tertiary/aromatic N) is 1. The maximum atomic E-state index is 10.5. The number of nitrogens with one attached hydrogen (secondary N) is 1. The van der Waals surface area contributed by atoms with E-state index >= 15 is 0 Å². The van der Waals surface area contributed by atoms with Crippen LogP contribution in [0.1, 0.15) is 0 Å². The molecule has 2 rings (SSSR count). The Morgan fingerprint density at radius 2 is 2.13 bits per heavy atom. The van der Waals surface area contributed by atoms with Gasteiger partial charge in [0.25, 0.3) is 5.69 Å². The lowest BCUT2D eigenvalue weighted by molar-refractivity contribution is -0.384. The Bertz CT molecular complexity index is 468. The fourth-order valence-electron chi connectivity index (χ4n) is 1.19. The molecule has 4 nitrogen and oxygen atoms in total. The van der Waals surface area contributed by atoms with Crippen LogP contribution >= 0.6 is 11.3 Å². The Hall–Kier alpha value is -1.88. The SMILES string of the molecule is O=[N+]([O-])c1cccc(Nc2cccs2)c1. The van der Waals surface area contributed by atoms with Gasteiger partial charge in [-0.15, -0.1) is 11.3 Å². The van der Waals surface area contributed by atoms with Gasteiger partial charge in [-0.05, 0) is 23.6 Å². The second-order valence-corrected chi connectivity index (χ2v) is 3.86. The van der Waals surface area contributed by atoms with Gasteiger partial charge in [-0.25, -0.2) is 0 Å². The number of non-ortho nitro benzene ring substituents is 1. The molecular formula is C10H8N2O2S. The van der Waals surface area contributed by atoms with Crippen LogP contribution in [0.3, 0.4) is 0 Å². The number of hydrogen-bond donors (Lipinski definition) is 1. The van der Waals surface area contributed by atoms with Gasteiger partial charge in [0.05, 0.1) is 9.92 Å². The van der Waals surface area contributed by atoms with Crippen molar-refractivity contribution >= 4 is 27.7 Å². The fourth-order valence-corrected chi connectivity index (χ4v) is 1.83. The Kier molecular flexibility index (Phi) is 2.64. The molecule has 0 aliphatic heterocycles. The zero-order chi connectivity index (χ0) is 10.7. The van der Waals surface area contributed by atoms with E-state index in [0.717, 1.165) is 10.7 Å². The summed E-state index contributed by atoms with van der Waals surface area (Å²) in [4.78, 5) is 10.1. The van der Waals surface area contributed by atoms with Crippen molar-refractivity contribution in [3.05, 3.63) is 51.9 Å². The average molecular weight is 220 g/mol.